The van der Waals surface area contributed by atoms with Crippen molar-refractivity contribution in [1.29, 1.82) is 0 Å². The maximum atomic E-state index is 4.47. The fourth-order valence-electron chi connectivity index (χ4n) is 3.65. The van der Waals surface area contributed by atoms with Gasteiger partial charge in [-0.1, -0.05) is 24.3 Å². The lowest BCUT2D eigenvalue weighted by Crippen LogP contribution is -2.46. The van der Waals surface area contributed by atoms with Gasteiger partial charge in [-0.2, -0.15) is 0 Å². The number of hydrogen-bond acceptors (Lipinski definition) is 4. The van der Waals surface area contributed by atoms with E-state index >= 15 is 0 Å². The van der Waals surface area contributed by atoms with E-state index in [-0.39, 0.29) is 0 Å². The molecule has 2 aliphatic rings. The molecule has 0 atom stereocenters. The molecule has 0 aliphatic carbocycles. The first-order valence-corrected chi connectivity index (χ1v) is 8.59. The molecule has 4 rings (SSSR count). The summed E-state index contributed by atoms with van der Waals surface area (Å²) in [5.74, 6) is 1.11. The van der Waals surface area contributed by atoms with Crippen LogP contribution in [0.5, 0.6) is 0 Å². The van der Waals surface area contributed by atoms with Gasteiger partial charge in [0.2, 0.25) is 0 Å². The number of pyridine rings is 1. The topological polar surface area (TPSA) is 31.4 Å². The Balaban J connectivity index is 1.40. The lowest BCUT2D eigenvalue weighted by atomic mass is 9.95. The van der Waals surface area contributed by atoms with E-state index in [9.17, 15) is 0 Å². The first kappa shape index (κ1) is 14.7. The van der Waals surface area contributed by atoms with Crippen LogP contribution in [0.25, 0.3) is 0 Å². The number of nitrogens with zero attached hydrogens (tertiary/aromatic N) is 3. The minimum absolute atomic E-state index is 1.03. The summed E-state index contributed by atoms with van der Waals surface area (Å²) in [6, 6.07) is 13.0. The summed E-state index contributed by atoms with van der Waals surface area (Å²) in [6.45, 7) is 7.54. The highest BCUT2D eigenvalue weighted by Gasteiger charge is 2.20. The van der Waals surface area contributed by atoms with E-state index in [0.717, 1.165) is 58.1 Å². The Morgan fingerprint density at radius 1 is 1.00 bits per heavy atom. The van der Waals surface area contributed by atoms with E-state index in [1.807, 2.05) is 12.3 Å². The van der Waals surface area contributed by atoms with Gasteiger partial charge in [-0.25, -0.2) is 4.98 Å². The summed E-state index contributed by atoms with van der Waals surface area (Å²) in [5.41, 5.74) is 4.57. The van der Waals surface area contributed by atoms with Crippen molar-refractivity contribution in [1.82, 2.24) is 15.2 Å². The van der Waals surface area contributed by atoms with Crippen LogP contribution < -0.4 is 10.2 Å². The Bertz CT molecular complexity index is 648. The van der Waals surface area contributed by atoms with Crippen molar-refractivity contribution in [3.05, 3.63) is 59.3 Å². The van der Waals surface area contributed by atoms with Crippen LogP contribution in [0.2, 0.25) is 0 Å². The Morgan fingerprint density at radius 2 is 1.91 bits per heavy atom. The lowest BCUT2D eigenvalue weighted by molar-refractivity contribution is 0.248. The summed E-state index contributed by atoms with van der Waals surface area (Å²) in [6.07, 6.45) is 3.04. The highest BCUT2D eigenvalue weighted by Crippen LogP contribution is 2.21. The second-order valence-corrected chi connectivity index (χ2v) is 6.43. The molecule has 1 fully saturated rings. The van der Waals surface area contributed by atoms with Gasteiger partial charge in [0.05, 0.1) is 0 Å². The van der Waals surface area contributed by atoms with Crippen LogP contribution in [-0.2, 0) is 19.5 Å². The normalized spacial score (nSPS) is 18.7. The van der Waals surface area contributed by atoms with Crippen molar-refractivity contribution in [3.63, 3.8) is 0 Å². The van der Waals surface area contributed by atoms with Gasteiger partial charge in [-0.05, 0) is 41.8 Å². The van der Waals surface area contributed by atoms with E-state index < -0.39 is 0 Å². The van der Waals surface area contributed by atoms with Crippen LogP contribution in [0.1, 0.15) is 16.7 Å². The maximum absolute atomic E-state index is 4.47. The van der Waals surface area contributed by atoms with Gasteiger partial charge in [0.25, 0.3) is 0 Å². The average molecular weight is 308 g/mol. The first-order chi connectivity index (χ1) is 11.4. The van der Waals surface area contributed by atoms with Gasteiger partial charge < -0.3 is 10.2 Å². The van der Waals surface area contributed by atoms with E-state index in [2.05, 4.69) is 50.4 Å². The third-order valence-corrected chi connectivity index (χ3v) is 4.98. The monoisotopic (exact) mass is 308 g/mol. The van der Waals surface area contributed by atoms with Crippen LogP contribution in [-0.4, -0.2) is 42.6 Å². The fraction of sp³-hybridized carbons (Fsp3) is 0.421. The second kappa shape index (κ2) is 6.69. The molecule has 1 saturated heterocycles. The third-order valence-electron chi connectivity index (χ3n) is 4.98. The van der Waals surface area contributed by atoms with E-state index in [4.69, 9.17) is 0 Å². The zero-order valence-electron chi connectivity index (χ0n) is 13.5. The SMILES string of the molecule is c1ccc(N2CCN(Cc3cccc4c3CNCC4)CC2)nc1. The van der Waals surface area contributed by atoms with Crippen LogP contribution in [0.3, 0.4) is 0 Å². The molecule has 0 bridgehead atoms. The fourth-order valence-corrected chi connectivity index (χ4v) is 3.65. The van der Waals surface area contributed by atoms with Crippen molar-refractivity contribution >= 4 is 5.82 Å². The highest BCUT2D eigenvalue weighted by atomic mass is 15.3. The van der Waals surface area contributed by atoms with Crippen molar-refractivity contribution in [3.8, 4) is 0 Å². The first-order valence-electron chi connectivity index (χ1n) is 8.59. The molecular weight excluding hydrogens is 284 g/mol. The zero-order valence-corrected chi connectivity index (χ0v) is 13.5. The van der Waals surface area contributed by atoms with Crippen molar-refractivity contribution in [2.75, 3.05) is 37.6 Å². The van der Waals surface area contributed by atoms with Crippen LogP contribution >= 0.6 is 0 Å². The van der Waals surface area contributed by atoms with Crippen molar-refractivity contribution < 1.29 is 0 Å². The van der Waals surface area contributed by atoms with Crippen LogP contribution in [0.4, 0.5) is 5.82 Å². The molecule has 23 heavy (non-hydrogen) atoms. The van der Waals surface area contributed by atoms with Crippen molar-refractivity contribution in [2.45, 2.75) is 19.5 Å². The van der Waals surface area contributed by atoms with E-state index in [1.165, 1.54) is 16.7 Å². The van der Waals surface area contributed by atoms with Crippen LogP contribution in [0.15, 0.2) is 42.6 Å². The summed E-state index contributed by atoms with van der Waals surface area (Å²) >= 11 is 0. The smallest absolute Gasteiger partial charge is 0.128 e. The number of benzene rings is 1. The molecule has 4 heteroatoms. The van der Waals surface area contributed by atoms with Gasteiger partial charge in [0, 0.05) is 45.5 Å². The van der Waals surface area contributed by atoms with Gasteiger partial charge >= 0.3 is 0 Å². The molecule has 1 N–H and O–H groups in total. The molecule has 120 valence electrons. The van der Waals surface area contributed by atoms with Gasteiger partial charge in [0.1, 0.15) is 5.82 Å². The summed E-state index contributed by atoms with van der Waals surface area (Å²) in [4.78, 5) is 9.43. The number of piperazine rings is 1. The minimum atomic E-state index is 1.03. The molecule has 0 spiro atoms. The second-order valence-electron chi connectivity index (χ2n) is 6.43. The summed E-state index contributed by atoms with van der Waals surface area (Å²) < 4.78 is 0. The summed E-state index contributed by atoms with van der Waals surface area (Å²) in [5, 5.41) is 3.51. The minimum Gasteiger partial charge on any atom is -0.354 e. The van der Waals surface area contributed by atoms with E-state index in [0.29, 0.717) is 0 Å². The quantitative estimate of drug-likeness (QED) is 0.940. The molecule has 3 heterocycles. The molecule has 0 radical (unpaired) electrons. The molecule has 1 aromatic heterocycles. The number of fused-ring (bicyclic) bond motifs is 1. The molecule has 0 amide bonds. The number of rotatable bonds is 3. The molecule has 0 unspecified atom stereocenters. The Kier molecular flexibility index (Phi) is 4.26. The van der Waals surface area contributed by atoms with E-state index in [1.54, 1.807) is 0 Å². The maximum Gasteiger partial charge on any atom is 0.128 e. The molecule has 0 saturated carbocycles. The van der Waals surface area contributed by atoms with Gasteiger partial charge in [-0.15, -0.1) is 0 Å². The molecular formula is C19H24N4. The highest BCUT2D eigenvalue weighted by molar-refractivity contribution is 5.39. The average Bonchev–Trinajstić information content (AvgIpc) is 2.63. The predicted octanol–water partition coefficient (Wildman–Crippen LogP) is 2.05. The number of anilines is 1. The number of nitrogens with one attached hydrogen (secondary N) is 1. The Hall–Kier alpha value is -1.91. The molecule has 1 aromatic carbocycles. The summed E-state index contributed by atoms with van der Waals surface area (Å²) in [7, 11) is 0. The number of aromatic nitrogens is 1. The van der Waals surface area contributed by atoms with Gasteiger partial charge in [0.15, 0.2) is 0 Å². The largest absolute Gasteiger partial charge is 0.354 e. The molecule has 2 aliphatic heterocycles. The molecule has 2 aromatic rings. The third kappa shape index (κ3) is 3.23. The zero-order chi connectivity index (χ0) is 15.5. The Labute approximate surface area is 138 Å². The molecule has 4 nitrogen and oxygen atoms in total. The lowest BCUT2D eigenvalue weighted by Gasteiger charge is -2.36. The standard InChI is InChI=1S/C19H24N4/c1-2-8-21-19(6-1)23-12-10-22(11-13-23)15-17-5-3-4-16-7-9-20-14-18(16)17/h1-6,8,20H,7,9-15H2. The predicted molar refractivity (Wildman–Crippen MR) is 93.6 cm³/mol. The Morgan fingerprint density at radius 3 is 2.74 bits per heavy atom. The van der Waals surface area contributed by atoms with Crippen LogP contribution in [0, 0.1) is 0 Å². The number of hydrogen-bond donors (Lipinski definition) is 1. The van der Waals surface area contributed by atoms with Gasteiger partial charge in [-0.3, -0.25) is 4.90 Å². The van der Waals surface area contributed by atoms with Crippen molar-refractivity contribution in [2.24, 2.45) is 0 Å².